The number of alkyl halides is 1. The molecule has 0 aliphatic heterocycles. The SMILES string of the molecule is O=C(CI)c1ccc(Nc2ccccc2C(=O)O)cc1. The van der Waals surface area contributed by atoms with E-state index >= 15 is 0 Å². The summed E-state index contributed by atoms with van der Waals surface area (Å²) in [6.07, 6.45) is 0. The first-order valence-corrected chi connectivity index (χ1v) is 7.43. The van der Waals surface area contributed by atoms with Crippen molar-refractivity contribution in [2.75, 3.05) is 9.74 Å². The van der Waals surface area contributed by atoms with Gasteiger partial charge in [0.1, 0.15) is 0 Å². The number of carboxylic acids is 1. The van der Waals surface area contributed by atoms with Crippen molar-refractivity contribution >= 4 is 45.7 Å². The Balaban J connectivity index is 2.23. The molecule has 0 aromatic heterocycles. The van der Waals surface area contributed by atoms with Crippen LogP contribution in [0.5, 0.6) is 0 Å². The molecule has 5 heteroatoms. The summed E-state index contributed by atoms with van der Waals surface area (Å²) in [4.78, 5) is 22.6. The second kappa shape index (κ2) is 6.51. The number of ketones is 1. The molecule has 102 valence electrons. The highest BCUT2D eigenvalue weighted by Gasteiger charge is 2.09. The number of carbonyl (C=O) groups is 2. The molecule has 4 nitrogen and oxygen atoms in total. The molecular weight excluding hydrogens is 369 g/mol. The Morgan fingerprint density at radius 1 is 1.05 bits per heavy atom. The molecule has 0 aliphatic rings. The zero-order valence-electron chi connectivity index (χ0n) is 10.5. The fraction of sp³-hybridized carbons (Fsp3) is 0.0667. The summed E-state index contributed by atoms with van der Waals surface area (Å²) in [5.74, 6) is -0.909. The number of carboxylic acid groups (broad SMARTS) is 1. The summed E-state index contributed by atoms with van der Waals surface area (Å²) < 4.78 is 0.437. The fourth-order valence-electron chi connectivity index (χ4n) is 1.75. The van der Waals surface area contributed by atoms with Gasteiger partial charge in [0.15, 0.2) is 5.78 Å². The topological polar surface area (TPSA) is 66.4 Å². The number of benzene rings is 2. The minimum Gasteiger partial charge on any atom is -0.478 e. The van der Waals surface area contributed by atoms with Crippen molar-refractivity contribution in [1.29, 1.82) is 0 Å². The van der Waals surface area contributed by atoms with Crippen molar-refractivity contribution in [3.63, 3.8) is 0 Å². The zero-order chi connectivity index (χ0) is 14.5. The summed E-state index contributed by atoms with van der Waals surface area (Å²) in [7, 11) is 0. The lowest BCUT2D eigenvalue weighted by Gasteiger charge is -2.09. The van der Waals surface area contributed by atoms with Gasteiger partial charge < -0.3 is 10.4 Å². The maximum atomic E-state index is 11.5. The van der Waals surface area contributed by atoms with Crippen LogP contribution in [0.4, 0.5) is 11.4 Å². The second-order valence-electron chi connectivity index (χ2n) is 4.11. The van der Waals surface area contributed by atoms with Gasteiger partial charge in [-0.15, -0.1) is 0 Å². The first-order chi connectivity index (χ1) is 9.61. The van der Waals surface area contributed by atoms with Crippen LogP contribution >= 0.6 is 22.6 Å². The molecule has 0 spiro atoms. The quantitative estimate of drug-likeness (QED) is 0.471. The third-order valence-corrected chi connectivity index (χ3v) is 3.46. The number of carbonyl (C=O) groups excluding carboxylic acids is 1. The predicted octanol–water partition coefficient (Wildman–Crippen LogP) is 3.75. The highest BCUT2D eigenvalue weighted by atomic mass is 127. The maximum Gasteiger partial charge on any atom is 0.337 e. The average molecular weight is 381 g/mol. The smallest absolute Gasteiger partial charge is 0.337 e. The van der Waals surface area contributed by atoms with E-state index in [9.17, 15) is 9.59 Å². The third kappa shape index (κ3) is 3.36. The van der Waals surface area contributed by atoms with Gasteiger partial charge in [-0.25, -0.2) is 4.79 Å². The number of Topliss-reactive ketones (excluding diaryl/α,β-unsaturated/α-hetero) is 1. The molecule has 0 saturated heterocycles. The predicted molar refractivity (Wildman–Crippen MR) is 86.3 cm³/mol. The molecule has 0 fully saturated rings. The summed E-state index contributed by atoms with van der Waals surface area (Å²) in [5, 5.41) is 12.2. The van der Waals surface area contributed by atoms with Crippen LogP contribution in [0.25, 0.3) is 0 Å². The van der Waals surface area contributed by atoms with Gasteiger partial charge >= 0.3 is 5.97 Å². The van der Waals surface area contributed by atoms with Gasteiger partial charge in [0.25, 0.3) is 0 Å². The van der Waals surface area contributed by atoms with E-state index in [2.05, 4.69) is 5.32 Å². The normalized spacial score (nSPS) is 10.1. The Morgan fingerprint density at radius 3 is 2.30 bits per heavy atom. The number of anilines is 2. The summed E-state index contributed by atoms with van der Waals surface area (Å²) in [5.41, 5.74) is 2.12. The Labute approximate surface area is 130 Å². The number of para-hydroxylation sites is 1. The molecule has 2 N–H and O–H groups in total. The van der Waals surface area contributed by atoms with Gasteiger partial charge in [0, 0.05) is 11.3 Å². The van der Waals surface area contributed by atoms with E-state index in [1.54, 1.807) is 48.5 Å². The van der Waals surface area contributed by atoms with E-state index in [4.69, 9.17) is 5.11 Å². The van der Waals surface area contributed by atoms with Crippen molar-refractivity contribution in [1.82, 2.24) is 0 Å². The Kier molecular flexibility index (Phi) is 4.73. The number of aromatic carboxylic acids is 1. The van der Waals surface area contributed by atoms with Crippen LogP contribution in [0.1, 0.15) is 20.7 Å². The van der Waals surface area contributed by atoms with Crippen LogP contribution in [0, 0.1) is 0 Å². The van der Waals surface area contributed by atoms with E-state index in [0.29, 0.717) is 15.7 Å². The van der Waals surface area contributed by atoms with Gasteiger partial charge in [-0.2, -0.15) is 0 Å². The highest BCUT2D eigenvalue weighted by molar-refractivity contribution is 14.1. The molecule has 2 rings (SSSR count). The molecule has 20 heavy (non-hydrogen) atoms. The monoisotopic (exact) mass is 381 g/mol. The van der Waals surface area contributed by atoms with Gasteiger partial charge in [-0.3, -0.25) is 4.79 Å². The fourth-order valence-corrected chi connectivity index (χ4v) is 2.19. The zero-order valence-corrected chi connectivity index (χ0v) is 12.6. The lowest BCUT2D eigenvalue weighted by atomic mass is 10.1. The van der Waals surface area contributed by atoms with Gasteiger partial charge in [0.2, 0.25) is 0 Å². The molecule has 0 atom stereocenters. The summed E-state index contributed by atoms with van der Waals surface area (Å²) in [6.45, 7) is 0. The molecule has 0 amide bonds. The number of nitrogens with one attached hydrogen (secondary N) is 1. The van der Waals surface area contributed by atoms with Crippen molar-refractivity contribution < 1.29 is 14.7 Å². The van der Waals surface area contributed by atoms with Crippen molar-refractivity contribution in [2.45, 2.75) is 0 Å². The van der Waals surface area contributed by atoms with Crippen molar-refractivity contribution in [3.05, 3.63) is 59.7 Å². The first kappa shape index (κ1) is 14.5. The van der Waals surface area contributed by atoms with Gasteiger partial charge in [-0.05, 0) is 36.4 Å². The summed E-state index contributed by atoms with van der Waals surface area (Å²) >= 11 is 2.03. The molecule has 2 aromatic carbocycles. The van der Waals surface area contributed by atoms with Crippen molar-refractivity contribution in [2.24, 2.45) is 0 Å². The van der Waals surface area contributed by atoms with Crippen LogP contribution in [-0.4, -0.2) is 21.3 Å². The Bertz CT molecular complexity index is 638. The van der Waals surface area contributed by atoms with Crippen LogP contribution in [0.2, 0.25) is 0 Å². The van der Waals surface area contributed by atoms with E-state index in [0.717, 1.165) is 5.69 Å². The van der Waals surface area contributed by atoms with E-state index in [1.807, 2.05) is 22.6 Å². The number of hydrogen-bond acceptors (Lipinski definition) is 3. The minimum absolute atomic E-state index is 0.0723. The summed E-state index contributed by atoms with van der Waals surface area (Å²) in [6, 6.07) is 13.7. The molecule has 0 saturated carbocycles. The van der Waals surface area contributed by atoms with E-state index in [-0.39, 0.29) is 11.3 Å². The Hall–Kier alpha value is -1.89. The molecular formula is C15H12INO3. The van der Waals surface area contributed by atoms with Gasteiger partial charge in [-0.1, -0.05) is 34.7 Å². The second-order valence-corrected chi connectivity index (χ2v) is 4.87. The molecule has 0 unspecified atom stereocenters. The van der Waals surface area contributed by atoms with Crippen LogP contribution in [0.3, 0.4) is 0 Å². The highest BCUT2D eigenvalue weighted by Crippen LogP contribution is 2.21. The molecule has 0 radical (unpaired) electrons. The van der Waals surface area contributed by atoms with Crippen LogP contribution < -0.4 is 5.32 Å². The number of hydrogen-bond donors (Lipinski definition) is 2. The van der Waals surface area contributed by atoms with Gasteiger partial charge in [0.05, 0.1) is 15.7 Å². The number of rotatable bonds is 5. The lowest BCUT2D eigenvalue weighted by Crippen LogP contribution is -2.03. The van der Waals surface area contributed by atoms with Crippen LogP contribution in [0.15, 0.2) is 48.5 Å². The molecule has 0 bridgehead atoms. The average Bonchev–Trinajstić information content (AvgIpc) is 2.47. The van der Waals surface area contributed by atoms with Crippen LogP contribution in [-0.2, 0) is 0 Å². The minimum atomic E-state index is -0.982. The molecule has 0 heterocycles. The van der Waals surface area contributed by atoms with E-state index < -0.39 is 5.97 Å². The maximum absolute atomic E-state index is 11.5. The third-order valence-electron chi connectivity index (χ3n) is 2.76. The molecule has 2 aromatic rings. The lowest BCUT2D eigenvalue weighted by molar-refractivity contribution is 0.0697. The largest absolute Gasteiger partial charge is 0.478 e. The molecule has 0 aliphatic carbocycles. The standard InChI is InChI=1S/C15H12INO3/c16-9-14(18)10-5-7-11(8-6-10)17-13-4-2-1-3-12(13)15(19)20/h1-8,17H,9H2,(H,19,20). The van der Waals surface area contributed by atoms with Crippen molar-refractivity contribution in [3.8, 4) is 0 Å². The number of halogens is 1. The Morgan fingerprint density at radius 2 is 1.70 bits per heavy atom. The first-order valence-electron chi connectivity index (χ1n) is 5.90. The van der Waals surface area contributed by atoms with E-state index in [1.165, 1.54) is 0 Å².